The first-order valence-electron chi connectivity index (χ1n) is 6.23. The molecule has 1 aromatic carbocycles. The largest absolute Gasteiger partial charge is 0.300 e. The first-order valence-corrected chi connectivity index (χ1v) is 6.23. The topological polar surface area (TPSA) is 20.3 Å². The molecule has 98 valence electrons. The van der Waals surface area contributed by atoms with E-state index in [1.807, 2.05) is 4.90 Å². The highest BCUT2D eigenvalue weighted by atomic mass is 19.1. The van der Waals surface area contributed by atoms with Gasteiger partial charge < -0.3 is 0 Å². The smallest absolute Gasteiger partial charge is 0.134 e. The van der Waals surface area contributed by atoms with Crippen molar-refractivity contribution in [3.63, 3.8) is 0 Å². The lowest BCUT2D eigenvalue weighted by Crippen LogP contribution is -2.37. The highest BCUT2D eigenvalue weighted by Crippen LogP contribution is 2.21. The molecule has 0 aliphatic carbocycles. The van der Waals surface area contributed by atoms with Gasteiger partial charge in [-0.2, -0.15) is 0 Å². The summed E-state index contributed by atoms with van der Waals surface area (Å²) in [6, 6.07) is 3.90. The highest BCUT2D eigenvalue weighted by molar-refractivity contribution is 5.78. The van der Waals surface area contributed by atoms with Crippen LogP contribution in [0.1, 0.15) is 25.3 Å². The number of Topliss-reactive ketones (excluding diaryl/α,β-unsaturated/α-hetero) is 1. The van der Waals surface area contributed by atoms with Gasteiger partial charge in [-0.1, -0.05) is 6.07 Å². The zero-order valence-corrected chi connectivity index (χ0v) is 10.5. The molecule has 1 heterocycles. The Morgan fingerprint density at radius 2 is 2.06 bits per heavy atom. The van der Waals surface area contributed by atoms with E-state index in [0.29, 0.717) is 6.54 Å². The van der Waals surface area contributed by atoms with Gasteiger partial charge in [-0.25, -0.2) is 8.78 Å². The summed E-state index contributed by atoms with van der Waals surface area (Å²) >= 11 is 0. The van der Waals surface area contributed by atoms with E-state index in [4.69, 9.17) is 0 Å². The van der Waals surface area contributed by atoms with Crippen molar-refractivity contribution in [2.75, 3.05) is 13.1 Å². The van der Waals surface area contributed by atoms with Gasteiger partial charge in [0.1, 0.15) is 17.4 Å². The van der Waals surface area contributed by atoms with Gasteiger partial charge in [-0.3, -0.25) is 9.69 Å². The minimum absolute atomic E-state index is 0.00795. The lowest BCUT2D eigenvalue weighted by atomic mass is 9.94. The van der Waals surface area contributed by atoms with Gasteiger partial charge >= 0.3 is 0 Å². The van der Waals surface area contributed by atoms with Crippen LogP contribution in [0.4, 0.5) is 8.78 Å². The Kier molecular flexibility index (Phi) is 4.07. The monoisotopic (exact) mass is 253 g/mol. The first kappa shape index (κ1) is 13.1. The van der Waals surface area contributed by atoms with Crippen LogP contribution in [0.5, 0.6) is 0 Å². The SMILES string of the molecule is CC(=O)C1CCCN(Cc2c(F)cccc2F)C1. The Morgan fingerprint density at radius 1 is 1.39 bits per heavy atom. The van der Waals surface area contributed by atoms with Crippen LogP contribution in [0.15, 0.2) is 18.2 Å². The van der Waals surface area contributed by atoms with E-state index in [9.17, 15) is 13.6 Å². The number of carbonyl (C=O) groups excluding carboxylic acids is 1. The summed E-state index contributed by atoms with van der Waals surface area (Å²) in [4.78, 5) is 13.3. The molecule has 2 rings (SSSR count). The Bertz CT molecular complexity index is 427. The Hall–Kier alpha value is -1.29. The Labute approximate surface area is 106 Å². The van der Waals surface area contributed by atoms with Gasteiger partial charge in [0.15, 0.2) is 0 Å². The molecule has 0 aromatic heterocycles. The lowest BCUT2D eigenvalue weighted by molar-refractivity contribution is -0.122. The van der Waals surface area contributed by atoms with Gasteiger partial charge in [0.05, 0.1) is 0 Å². The molecular formula is C14H17F2NO. The Morgan fingerprint density at radius 3 is 2.67 bits per heavy atom. The fourth-order valence-electron chi connectivity index (χ4n) is 2.44. The van der Waals surface area contributed by atoms with Crippen molar-refractivity contribution in [2.24, 2.45) is 5.92 Å². The van der Waals surface area contributed by atoms with E-state index in [1.54, 1.807) is 6.92 Å². The zero-order chi connectivity index (χ0) is 13.1. The average molecular weight is 253 g/mol. The predicted octanol–water partition coefficient (Wildman–Crippen LogP) is 2.77. The second-order valence-electron chi connectivity index (χ2n) is 4.89. The minimum atomic E-state index is -0.514. The number of piperidine rings is 1. The number of carbonyl (C=O) groups is 1. The minimum Gasteiger partial charge on any atom is -0.300 e. The van der Waals surface area contributed by atoms with Crippen molar-refractivity contribution >= 4 is 5.78 Å². The maximum absolute atomic E-state index is 13.5. The third-order valence-electron chi connectivity index (χ3n) is 3.52. The van der Waals surface area contributed by atoms with Crippen LogP contribution < -0.4 is 0 Å². The molecule has 1 unspecified atom stereocenters. The molecule has 0 saturated carbocycles. The van der Waals surface area contributed by atoms with Crippen molar-refractivity contribution < 1.29 is 13.6 Å². The van der Waals surface area contributed by atoms with E-state index in [-0.39, 0.29) is 23.8 Å². The second kappa shape index (κ2) is 5.57. The van der Waals surface area contributed by atoms with E-state index in [0.717, 1.165) is 19.4 Å². The third kappa shape index (κ3) is 2.93. The van der Waals surface area contributed by atoms with E-state index in [1.165, 1.54) is 18.2 Å². The maximum atomic E-state index is 13.5. The number of ketones is 1. The van der Waals surface area contributed by atoms with Crippen LogP contribution in [0.25, 0.3) is 0 Å². The Balaban J connectivity index is 2.07. The van der Waals surface area contributed by atoms with Gasteiger partial charge in [0.2, 0.25) is 0 Å². The molecule has 0 spiro atoms. The number of benzene rings is 1. The average Bonchev–Trinajstić information content (AvgIpc) is 2.34. The summed E-state index contributed by atoms with van der Waals surface area (Å²) in [5.41, 5.74) is 0.0988. The van der Waals surface area contributed by atoms with Crippen LogP contribution in [0.2, 0.25) is 0 Å². The van der Waals surface area contributed by atoms with Crippen LogP contribution in [-0.4, -0.2) is 23.8 Å². The molecule has 18 heavy (non-hydrogen) atoms. The van der Waals surface area contributed by atoms with Gasteiger partial charge in [-0.15, -0.1) is 0 Å². The number of nitrogens with zero attached hydrogens (tertiary/aromatic N) is 1. The van der Waals surface area contributed by atoms with Crippen molar-refractivity contribution in [1.82, 2.24) is 4.90 Å². The summed E-state index contributed by atoms with van der Waals surface area (Å²) < 4.78 is 27.1. The number of hydrogen-bond donors (Lipinski definition) is 0. The molecule has 2 nitrogen and oxygen atoms in total. The first-order chi connectivity index (χ1) is 8.58. The lowest BCUT2D eigenvalue weighted by Gasteiger charge is -2.31. The zero-order valence-electron chi connectivity index (χ0n) is 10.5. The second-order valence-corrected chi connectivity index (χ2v) is 4.89. The number of halogens is 2. The highest BCUT2D eigenvalue weighted by Gasteiger charge is 2.24. The molecule has 0 bridgehead atoms. The molecule has 1 atom stereocenters. The van der Waals surface area contributed by atoms with Gasteiger partial charge in [0.25, 0.3) is 0 Å². The molecule has 1 aliphatic rings. The summed E-state index contributed by atoms with van der Waals surface area (Å²) in [6.45, 7) is 3.21. The molecule has 4 heteroatoms. The maximum Gasteiger partial charge on any atom is 0.134 e. The van der Waals surface area contributed by atoms with E-state index in [2.05, 4.69) is 0 Å². The van der Waals surface area contributed by atoms with Crippen LogP contribution >= 0.6 is 0 Å². The molecule has 1 fully saturated rings. The molecule has 1 saturated heterocycles. The third-order valence-corrected chi connectivity index (χ3v) is 3.52. The van der Waals surface area contributed by atoms with E-state index < -0.39 is 11.6 Å². The quantitative estimate of drug-likeness (QED) is 0.825. The normalized spacial score (nSPS) is 20.9. The molecule has 0 N–H and O–H groups in total. The van der Waals surface area contributed by atoms with Crippen LogP contribution in [0, 0.1) is 17.6 Å². The van der Waals surface area contributed by atoms with Crippen molar-refractivity contribution in [2.45, 2.75) is 26.3 Å². The molecule has 0 amide bonds. The summed E-state index contributed by atoms with van der Waals surface area (Å²) in [6.07, 6.45) is 1.78. The van der Waals surface area contributed by atoms with Crippen molar-refractivity contribution in [1.29, 1.82) is 0 Å². The molecule has 1 aromatic rings. The van der Waals surface area contributed by atoms with Crippen LogP contribution in [-0.2, 0) is 11.3 Å². The van der Waals surface area contributed by atoms with Gasteiger partial charge in [0, 0.05) is 24.6 Å². The molecule has 1 aliphatic heterocycles. The van der Waals surface area contributed by atoms with Crippen LogP contribution in [0.3, 0.4) is 0 Å². The summed E-state index contributed by atoms with van der Waals surface area (Å²) in [5, 5.41) is 0. The number of likely N-dealkylation sites (tertiary alicyclic amines) is 1. The predicted molar refractivity (Wildman–Crippen MR) is 65.0 cm³/mol. The fraction of sp³-hybridized carbons (Fsp3) is 0.500. The fourth-order valence-corrected chi connectivity index (χ4v) is 2.44. The summed E-state index contributed by atoms with van der Waals surface area (Å²) in [5.74, 6) is -0.859. The molecule has 0 radical (unpaired) electrons. The summed E-state index contributed by atoms with van der Waals surface area (Å²) in [7, 11) is 0. The van der Waals surface area contributed by atoms with Gasteiger partial charge in [-0.05, 0) is 38.4 Å². The standard InChI is InChI=1S/C14H17F2NO/c1-10(18)11-4-3-7-17(8-11)9-12-13(15)5-2-6-14(12)16/h2,5-6,11H,3-4,7-9H2,1H3. The number of hydrogen-bond acceptors (Lipinski definition) is 2. The van der Waals surface area contributed by atoms with Crippen molar-refractivity contribution in [3.8, 4) is 0 Å². The van der Waals surface area contributed by atoms with Crippen molar-refractivity contribution in [3.05, 3.63) is 35.4 Å². The number of rotatable bonds is 3. The molecular weight excluding hydrogens is 236 g/mol. The van der Waals surface area contributed by atoms with E-state index >= 15 is 0 Å².